The topological polar surface area (TPSA) is 108 Å². The summed E-state index contributed by atoms with van der Waals surface area (Å²) in [6.07, 6.45) is 6.44. The zero-order valence-electron chi connectivity index (χ0n) is 32.6. The van der Waals surface area contributed by atoms with Crippen LogP contribution in [-0.4, -0.2) is 72.9 Å². The Kier molecular flexibility index (Phi) is 8.40. The van der Waals surface area contributed by atoms with E-state index in [-0.39, 0.29) is 59.0 Å². The molecule has 296 valence electrons. The van der Waals surface area contributed by atoms with E-state index in [0.29, 0.717) is 28.0 Å². The average molecular weight is 773 g/mol. The lowest BCUT2D eigenvalue weighted by atomic mass is 9.70. The summed E-state index contributed by atoms with van der Waals surface area (Å²) in [6.45, 7) is 13.6. The molecule has 3 aromatic heterocycles. The van der Waals surface area contributed by atoms with Crippen LogP contribution in [-0.2, 0) is 10.2 Å². The van der Waals surface area contributed by atoms with E-state index in [1.54, 1.807) is 18.6 Å². The Morgan fingerprint density at radius 3 is 2.32 bits per heavy atom. The normalized spacial score (nSPS) is 26.2. The predicted molar refractivity (Wildman–Crippen MR) is 205 cm³/mol. The first kappa shape index (κ1) is 37.0. The fourth-order valence-electron chi connectivity index (χ4n) is 9.86. The van der Waals surface area contributed by atoms with Gasteiger partial charge in [-0.2, -0.15) is 0 Å². The van der Waals surface area contributed by atoms with Crippen LogP contribution in [0.15, 0.2) is 30.7 Å². The van der Waals surface area contributed by atoms with Crippen LogP contribution in [0.4, 0.5) is 34.8 Å². The summed E-state index contributed by atoms with van der Waals surface area (Å²) in [4.78, 5) is 46.4. The molecule has 2 aliphatic heterocycles. The molecular weight excluding hydrogens is 725 g/mol. The zero-order chi connectivity index (χ0) is 39.6. The number of nitrogens with zero attached hydrogens (tertiary/aromatic N) is 6. The third-order valence-corrected chi connectivity index (χ3v) is 13.5. The molecule has 5 aliphatic rings. The number of alkyl halides is 2. The monoisotopic (exact) mass is 772 g/mol. The molecule has 5 heterocycles. The molecule has 2 N–H and O–H groups in total. The number of fused-ring (bicyclic) bond motifs is 4. The lowest BCUT2D eigenvalue weighted by Crippen LogP contribution is -2.65. The largest absolute Gasteiger partial charge is 0.341 e. The van der Waals surface area contributed by atoms with Crippen molar-refractivity contribution in [1.29, 1.82) is 0 Å². The van der Waals surface area contributed by atoms with Crippen molar-refractivity contribution in [3.63, 3.8) is 0 Å². The predicted octanol–water partition coefficient (Wildman–Crippen LogP) is 8.21. The van der Waals surface area contributed by atoms with Crippen molar-refractivity contribution in [3.05, 3.63) is 59.2 Å². The van der Waals surface area contributed by atoms with Gasteiger partial charge in [-0.25, -0.2) is 27.5 Å². The van der Waals surface area contributed by atoms with Crippen LogP contribution in [0.25, 0.3) is 22.3 Å². The lowest BCUT2D eigenvalue weighted by molar-refractivity contribution is -0.124. The number of hydrogen-bond acceptors (Lipinski definition) is 7. The number of anilines is 3. The maximum Gasteiger partial charge on any atom is 0.261 e. The van der Waals surface area contributed by atoms with Crippen molar-refractivity contribution in [2.75, 3.05) is 23.3 Å². The molecule has 3 aliphatic carbocycles. The van der Waals surface area contributed by atoms with Gasteiger partial charge in [-0.05, 0) is 117 Å². The summed E-state index contributed by atoms with van der Waals surface area (Å²) in [5.74, 6) is -1.73. The first-order chi connectivity index (χ1) is 26.5. The van der Waals surface area contributed by atoms with E-state index < -0.39 is 34.9 Å². The van der Waals surface area contributed by atoms with Crippen LogP contribution in [0.5, 0.6) is 0 Å². The van der Waals surface area contributed by atoms with Crippen LogP contribution >= 0.6 is 0 Å². The molecule has 4 aromatic rings. The fraction of sp³-hybridized carbons (Fsp3) is 0.548. The molecule has 0 spiro atoms. The van der Waals surface area contributed by atoms with Gasteiger partial charge in [-0.3, -0.25) is 19.5 Å². The molecule has 1 aromatic carbocycles. The van der Waals surface area contributed by atoms with Gasteiger partial charge in [0, 0.05) is 53.6 Å². The molecule has 9 rings (SSSR count). The van der Waals surface area contributed by atoms with Gasteiger partial charge >= 0.3 is 0 Å². The smallest absolute Gasteiger partial charge is 0.261 e. The van der Waals surface area contributed by atoms with Crippen LogP contribution in [0, 0.1) is 30.4 Å². The Balaban J connectivity index is 1.07. The number of carbonyl (C=O) groups excluding carboxylic acids is 2. The molecule has 10 nitrogen and oxygen atoms in total. The van der Waals surface area contributed by atoms with Crippen LogP contribution in [0.2, 0.25) is 0 Å². The van der Waals surface area contributed by atoms with Crippen molar-refractivity contribution < 1.29 is 27.2 Å². The van der Waals surface area contributed by atoms with Crippen molar-refractivity contribution in [1.82, 2.24) is 29.7 Å². The molecule has 1 saturated heterocycles. The number of nitrogens with one attached hydrogen (secondary N) is 2. The molecule has 14 heteroatoms. The maximum absolute atomic E-state index is 15.7. The molecule has 3 saturated carbocycles. The van der Waals surface area contributed by atoms with E-state index in [1.807, 2.05) is 43.2 Å². The summed E-state index contributed by atoms with van der Waals surface area (Å²) in [5, 5.41) is 5.28. The highest BCUT2D eigenvalue weighted by Gasteiger charge is 2.56. The third-order valence-electron chi connectivity index (χ3n) is 13.5. The second kappa shape index (κ2) is 12.7. The van der Waals surface area contributed by atoms with Gasteiger partial charge < -0.3 is 20.1 Å². The molecular formula is C42H48F4N8O2. The summed E-state index contributed by atoms with van der Waals surface area (Å²) < 4.78 is 60.4. The van der Waals surface area contributed by atoms with E-state index in [2.05, 4.69) is 27.4 Å². The molecule has 56 heavy (non-hydrogen) atoms. The highest BCUT2D eigenvalue weighted by atomic mass is 19.3. The fourth-order valence-corrected chi connectivity index (χ4v) is 9.86. The third kappa shape index (κ3) is 5.71. The van der Waals surface area contributed by atoms with Crippen molar-refractivity contribution in [2.24, 2.45) is 11.8 Å². The summed E-state index contributed by atoms with van der Waals surface area (Å²) >= 11 is 0. The van der Waals surface area contributed by atoms with Crippen molar-refractivity contribution >= 4 is 40.0 Å². The van der Waals surface area contributed by atoms with E-state index in [1.165, 1.54) is 26.2 Å². The van der Waals surface area contributed by atoms with E-state index in [4.69, 9.17) is 9.97 Å². The first-order valence-electron chi connectivity index (χ1n) is 19.8. The number of piperidine rings is 1. The number of imidazole rings is 1. The van der Waals surface area contributed by atoms with Gasteiger partial charge in [-0.15, -0.1) is 0 Å². The van der Waals surface area contributed by atoms with Crippen LogP contribution < -0.4 is 15.5 Å². The number of rotatable bonds is 9. The van der Waals surface area contributed by atoms with Gasteiger partial charge in [-0.1, -0.05) is 0 Å². The summed E-state index contributed by atoms with van der Waals surface area (Å²) in [7, 11) is 0. The second-order valence-electron chi connectivity index (χ2n) is 18.1. The van der Waals surface area contributed by atoms with Crippen LogP contribution in [0.1, 0.15) is 107 Å². The average Bonchev–Trinajstić information content (AvgIpc) is 3.60. The number of amides is 2. The number of halogens is 4. The van der Waals surface area contributed by atoms with E-state index >= 15 is 8.78 Å². The quantitative estimate of drug-likeness (QED) is 0.165. The maximum atomic E-state index is 15.7. The highest BCUT2D eigenvalue weighted by Crippen LogP contribution is 2.51. The Morgan fingerprint density at radius 2 is 1.68 bits per heavy atom. The second-order valence-corrected chi connectivity index (χ2v) is 18.1. The number of carbonyl (C=O) groups is 2. The Labute approximate surface area is 323 Å². The van der Waals surface area contributed by atoms with Gasteiger partial charge in [0.2, 0.25) is 5.91 Å². The summed E-state index contributed by atoms with van der Waals surface area (Å²) in [6, 6.07) is 4.80. The number of aromatic nitrogens is 4. The SMILES string of the molecule is Cc1c(C(=O)NC2(C(F)F)CC2)cc(Nc2nc(-c3cnc4c(c3)N(C3CC(C)(N5CC6CC[C@@H](C6)C5)C3)C(=O)C4(C)C)cc3ncn(C(C)C)c23)c(F)c1F. The van der Waals surface area contributed by atoms with Gasteiger partial charge in [0.15, 0.2) is 17.5 Å². The minimum atomic E-state index is -2.79. The minimum absolute atomic E-state index is 0.0160. The molecule has 2 atom stereocenters. The Bertz CT molecular complexity index is 2280. The number of benzene rings is 1. The Morgan fingerprint density at radius 1 is 0.982 bits per heavy atom. The minimum Gasteiger partial charge on any atom is -0.341 e. The highest BCUT2D eigenvalue weighted by molar-refractivity contribution is 6.08. The lowest BCUT2D eigenvalue weighted by Gasteiger charge is -2.56. The Hall–Kier alpha value is -4.59. The van der Waals surface area contributed by atoms with Crippen molar-refractivity contribution in [3.8, 4) is 11.3 Å². The van der Waals surface area contributed by atoms with E-state index in [0.717, 1.165) is 49.5 Å². The number of hydrogen-bond donors (Lipinski definition) is 2. The number of pyridine rings is 2. The van der Waals surface area contributed by atoms with Gasteiger partial charge in [0.1, 0.15) is 11.1 Å². The molecule has 1 unspecified atom stereocenters. The standard InChI is InChI=1S/C42H48F4N8O2/c1-21(2)53-20-48-30-14-28(49-36(34(30)53)50-29-13-27(22(3)32(43)33(29)44)37(55)51-42(9-10-42)38(45)46)25-12-31-35(47-17-25)40(4,5)39(56)54(31)26-15-41(6,16-26)52-18-23-7-8-24(11-23)19-52/h12-14,17,20-21,23-24,26,38H,7-11,15-16,18-19H2,1-6H3,(H,49,50)(H,51,55)/t23-,24?,26?,41?/m0/s1. The van der Waals surface area contributed by atoms with E-state index in [9.17, 15) is 18.4 Å². The number of likely N-dealkylation sites (tertiary alicyclic amines) is 1. The van der Waals surface area contributed by atoms with Crippen molar-refractivity contribution in [2.45, 2.75) is 121 Å². The molecule has 2 amide bonds. The first-order valence-corrected chi connectivity index (χ1v) is 19.8. The molecule has 2 bridgehead atoms. The van der Waals surface area contributed by atoms with Gasteiger partial charge in [0.05, 0.1) is 40.0 Å². The molecule has 0 radical (unpaired) electrons. The van der Waals surface area contributed by atoms with Gasteiger partial charge in [0.25, 0.3) is 12.3 Å². The zero-order valence-corrected chi connectivity index (χ0v) is 32.6. The molecule has 4 fully saturated rings. The van der Waals surface area contributed by atoms with Crippen LogP contribution in [0.3, 0.4) is 0 Å². The summed E-state index contributed by atoms with van der Waals surface area (Å²) in [5.41, 5.74) is 0.109.